The minimum atomic E-state index is -0.425. The van der Waals surface area contributed by atoms with E-state index in [1.165, 1.54) is 7.11 Å². The molecule has 0 bridgehead atoms. The predicted molar refractivity (Wildman–Crippen MR) is 55.3 cm³/mol. The number of methoxy groups -OCH3 is 1. The van der Waals surface area contributed by atoms with Crippen molar-refractivity contribution in [1.29, 1.82) is 0 Å². The Morgan fingerprint density at radius 3 is 2.29 bits per heavy atom. The number of halogens is 1. The molecule has 1 unspecified atom stereocenters. The van der Waals surface area contributed by atoms with Crippen LogP contribution in [-0.4, -0.2) is 65.9 Å². The minimum absolute atomic E-state index is 0.000886. The van der Waals surface area contributed by atoms with E-state index >= 15 is 0 Å². The van der Waals surface area contributed by atoms with Crippen molar-refractivity contribution in [2.24, 2.45) is 0 Å². The van der Waals surface area contributed by atoms with Gasteiger partial charge in [-0.15, -0.1) is 0 Å². The van der Waals surface area contributed by atoms with E-state index in [2.05, 4.69) is 20.7 Å². The molecule has 0 aliphatic rings. The van der Waals surface area contributed by atoms with Crippen molar-refractivity contribution in [3.8, 4) is 0 Å². The van der Waals surface area contributed by atoms with Crippen LogP contribution in [-0.2, 0) is 9.53 Å². The third-order valence-corrected chi connectivity index (χ3v) is 2.37. The Kier molecular flexibility index (Phi) is 8.07. The van der Waals surface area contributed by atoms with Crippen molar-refractivity contribution >= 4 is 21.9 Å². The van der Waals surface area contributed by atoms with Crippen molar-refractivity contribution in [3.05, 3.63) is 0 Å². The van der Waals surface area contributed by atoms with Crippen LogP contribution in [0.4, 0.5) is 0 Å². The van der Waals surface area contributed by atoms with Crippen molar-refractivity contribution in [1.82, 2.24) is 4.90 Å². The van der Waals surface area contributed by atoms with Crippen molar-refractivity contribution < 1.29 is 19.7 Å². The van der Waals surface area contributed by atoms with Crippen molar-refractivity contribution in [2.45, 2.75) is 4.83 Å². The number of hydrogen-bond donors (Lipinski definition) is 2. The number of esters is 1. The Morgan fingerprint density at radius 1 is 1.43 bits per heavy atom. The second kappa shape index (κ2) is 8.16. The quantitative estimate of drug-likeness (QED) is 0.468. The van der Waals surface area contributed by atoms with Gasteiger partial charge in [-0.25, -0.2) is 0 Å². The molecule has 14 heavy (non-hydrogen) atoms. The molecule has 0 spiro atoms. The average Bonchev–Trinajstić information content (AvgIpc) is 2.17. The molecule has 0 rings (SSSR count). The number of aliphatic hydroxyl groups is 2. The first-order chi connectivity index (χ1) is 6.65. The van der Waals surface area contributed by atoms with E-state index in [1.807, 2.05) is 0 Å². The van der Waals surface area contributed by atoms with Gasteiger partial charge in [-0.05, 0) is 0 Å². The molecule has 0 aliphatic carbocycles. The maximum atomic E-state index is 11.0. The summed E-state index contributed by atoms with van der Waals surface area (Å²) in [5.74, 6) is -0.356. The summed E-state index contributed by atoms with van der Waals surface area (Å²) < 4.78 is 4.53. The standard InChI is InChI=1S/C8H16BrNO4/c1-14-8(13)7(9)6-10(2-4-11)3-5-12/h7,11-12H,2-6H2,1H3. The lowest BCUT2D eigenvalue weighted by atomic mass is 10.3. The maximum absolute atomic E-state index is 11.0. The van der Waals surface area contributed by atoms with Gasteiger partial charge >= 0.3 is 5.97 Å². The molecular weight excluding hydrogens is 254 g/mol. The number of aliphatic hydroxyl groups excluding tert-OH is 2. The number of alkyl halides is 1. The molecule has 0 aromatic heterocycles. The molecule has 0 fully saturated rings. The van der Waals surface area contributed by atoms with E-state index in [0.29, 0.717) is 19.6 Å². The lowest BCUT2D eigenvalue weighted by Crippen LogP contribution is -2.37. The van der Waals surface area contributed by atoms with Gasteiger partial charge in [0.1, 0.15) is 4.83 Å². The fourth-order valence-corrected chi connectivity index (χ4v) is 1.60. The zero-order chi connectivity index (χ0) is 11.0. The van der Waals surface area contributed by atoms with Gasteiger partial charge < -0.3 is 14.9 Å². The largest absolute Gasteiger partial charge is 0.468 e. The Labute approximate surface area is 91.8 Å². The first-order valence-electron chi connectivity index (χ1n) is 4.31. The van der Waals surface area contributed by atoms with Gasteiger partial charge in [0.2, 0.25) is 0 Å². The van der Waals surface area contributed by atoms with Crippen molar-refractivity contribution in [3.63, 3.8) is 0 Å². The summed E-state index contributed by atoms with van der Waals surface area (Å²) in [5.41, 5.74) is 0. The molecule has 0 heterocycles. The number of carbonyl (C=O) groups excluding carboxylic acids is 1. The third-order valence-electron chi connectivity index (χ3n) is 1.71. The van der Waals surface area contributed by atoms with Crippen LogP contribution in [0.5, 0.6) is 0 Å². The molecule has 0 saturated heterocycles. The Hall–Kier alpha value is -0.170. The molecule has 1 atom stereocenters. The zero-order valence-corrected chi connectivity index (χ0v) is 9.73. The zero-order valence-electron chi connectivity index (χ0n) is 8.15. The van der Waals surface area contributed by atoms with E-state index in [-0.39, 0.29) is 19.2 Å². The van der Waals surface area contributed by atoms with E-state index in [1.54, 1.807) is 4.90 Å². The van der Waals surface area contributed by atoms with Crippen LogP contribution in [0.1, 0.15) is 0 Å². The Bertz CT molecular complexity index is 161. The molecule has 6 heteroatoms. The average molecular weight is 270 g/mol. The summed E-state index contributed by atoms with van der Waals surface area (Å²) in [5, 5.41) is 17.4. The smallest absolute Gasteiger partial charge is 0.320 e. The highest BCUT2D eigenvalue weighted by Crippen LogP contribution is 2.04. The van der Waals surface area contributed by atoms with Crippen LogP contribution in [0.3, 0.4) is 0 Å². The van der Waals surface area contributed by atoms with Crippen molar-refractivity contribution in [2.75, 3.05) is 40.0 Å². The molecule has 0 radical (unpaired) electrons. The summed E-state index contributed by atoms with van der Waals surface area (Å²) in [6, 6.07) is 0. The second-order valence-corrected chi connectivity index (χ2v) is 3.84. The van der Waals surface area contributed by atoms with Crippen LogP contribution < -0.4 is 0 Å². The summed E-state index contributed by atoms with van der Waals surface area (Å²) >= 11 is 3.16. The highest BCUT2D eigenvalue weighted by molar-refractivity contribution is 9.10. The topological polar surface area (TPSA) is 70.0 Å². The molecule has 0 amide bonds. The third kappa shape index (κ3) is 5.54. The van der Waals surface area contributed by atoms with Crippen LogP contribution in [0.25, 0.3) is 0 Å². The summed E-state index contributed by atoms with van der Waals surface area (Å²) in [7, 11) is 1.32. The number of ether oxygens (including phenoxy) is 1. The molecular formula is C8H16BrNO4. The van der Waals surface area contributed by atoms with E-state index in [0.717, 1.165) is 0 Å². The molecule has 0 aliphatic heterocycles. The Balaban J connectivity index is 3.94. The molecule has 0 saturated carbocycles. The minimum Gasteiger partial charge on any atom is -0.468 e. The predicted octanol–water partition coefficient (Wildman–Crippen LogP) is -0.791. The molecule has 84 valence electrons. The van der Waals surface area contributed by atoms with Gasteiger partial charge in [0.15, 0.2) is 0 Å². The molecule has 0 aromatic rings. The highest BCUT2D eigenvalue weighted by Gasteiger charge is 2.18. The van der Waals surface area contributed by atoms with Gasteiger partial charge in [0.25, 0.3) is 0 Å². The number of rotatable bonds is 7. The summed E-state index contributed by atoms with van der Waals surface area (Å²) in [4.78, 5) is 12.4. The van der Waals surface area contributed by atoms with E-state index < -0.39 is 4.83 Å². The normalized spacial score (nSPS) is 12.9. The molecule has 5 nitrogen and oxygen atoms in total. The van der Waals surface area contributed by atoms with Crippen LogP contribution in [0.15, 0.2) is 0 Å². The van der Waals surface area contributed by atoms with Gasteiger partial charge in [-0.1, -0.05) is 15.9 Å². The van der Waals surface area contributed by atoms with E-state index in [4.69, 9.17) is 10.2 Å². The lowest BCUT2D eigenvalue weighted by Gasteiger charge is -2.21. The number of nitrogens with zero attached hydrogens (tertiary/aromatic N) is 1. The van der Waals surface area contributed by atoms with Gasteiger partial charge in [-0.3, -0.25) is 9.69 Å². The first-order valence-corrected chi connectivity index (χ1v) is 5.23. The number of hydrogen-bond acceptors (Lipinski definition) is 5. The fourth-order valence-electron chi connectivity index (χ4n) is 1.01. The van der Waals surface area contributed by atoms with Crippen LogP contribution in [0.2, 0.25) is 0 Å². The second-order valence-electron chi connectivity index (χ2n) is 2.74. The molecule has 0 aromatic carbocycles. The number of carbonyl (C=O) groups is 1. The fraction of sp³-hybridized carbons (Fsp3) is 0.875. The first kappa shape index (κ1) is 13.8. The summed E-state index contributed by atoms with van der Waals surface area (Å²) in [6.45, 7) is 1.27. The molecule has 2 N–H and O–H groups in total. The monoisotopic (exact) mass is 269 g/mol. The highest BCUT2D eigenvalue weighted by atomic mass is 79.9. The SMILES string of the molecule is COC(=O)C(Br)CN(CCO)CCO. The van der Waals surface area contributed by atoms with Crippen LogP contribution in [0, 0.1) is 0 Å². The van der Waals surface area contributed by atoms with Gasteiger partial charge in [0.05, 0.1) is 20.3 Å². The maximum Gasteiger partial charge on any atom is 0.320 e. The van der Waals surface area contributed by atoms with Gasteiger partial charge in [-0.2, -0.15) is 0 Å². The van der Waals surface area contributed by atoms with Crippen LogP contribution >= 0.6 is 15.9 Å². The Morgan fingerprint density at radius 2 is 1.93 bits per heavy atom. The lowest BCUT2D eigenvalue weighted by molar-refractivity contribution is -0.140. The summed E-state index contributed by atoms with van der Waals surface area (Å²) in [6.07, 6.45) is 0. The van der Waals surface area contributed by atoms with E-state index in [9.17, 15) is 4.79 Å². The van der Waals surface area contributed by atoms with Gasteiger partial charge in [0, 0.05) is 19.6 Å².